The molecule has 0 bridgehead atoms. The molecular formula is C18H23NO3S. The van der Waals surface area contributed by atoms with Gasteiger partial charge in [-0.3, -0.25) is 4.31 Å². The highest BCUT2D eigenvalue weighted by molar-refractivity contribution is 7.92. The Bertz CT molecular complexity index is 780. The first-order valence-corrected chi connectivity index (χ1v) is 9.05. The molecule has 0 saturated heterocycles. The van der Waals surface area contributed by atoms with Crippen LogP contribution < -0.4 is 4.31 Å². The summed E-state index contributed by atoms with van der Waals surface area (Å²) < 4.78 is 27.6. The number of sulfonamides is 1. The van der Waals surface area contributed by atoms with Gasteiger partial charge in [0, 0.05) is 6.54 Å². The number of rotatable bonds is 5. The van der Waals surface area contributed by atoms with Crippen molar-refractivity contribution in [1.82, 2.24) is 0 Å². The summed E-state index contributed by atoms with van der Waals surface area (Å²) in [7, 11) is -3.68. The van der Waals surface area contributed by atoms with Gasteiger partial charge in [-0.05, 0) is 61.2 Å². The molecule has 0 heterocycles. The van der Waals surface area contributed by atoms with Crippen LogP contribution in [-0.4, -0.2) is 20.1 Å². The van der Waals surface area contributed by atoms with Gasteiger partial charge in [0.05, 0.1) is 10.6 Å². The number of anilines is 1. The minimum Gasteiger partial charge on any atom is -0.508 e. The lowest BCUT2D eigenvalue weighted by atomic mass is 10.1. The van der Waals surface area contributed by atoms with Crippen molar-refractivity contribution in [3.05, 3.63) is 53.6 Å². The fraction of sp³-hybridized carbons (Fsp3) is 0.333. The zero-order valence-corrected chi connectivity index (χ0v) is 14.8. The molecule has 0 radical (unpaired) electrons. The zero-order valence-electron chi connectivity index (χ0n) is 13.9. The van der Waals surface area contributed by atoms with Crippen LogP contribution in [0.25, 0.3) is 0 Å². The van der Waals surface area contributed by atoms with Crippen molar-refractivity contribution in [2.45, 2.75) is 32.6 Å². The fourth-order valence-corrected chi connectivity index (χ4v) is 4.08. The molecule has 0 unspecified atom stereocenters. The maximum absolute atomic E-state index is 13.1. The Morgan fingerprint density at radius 3 is 2.22 bits per heavy atom. The highest BCUT2D eigenvalue weighted by Gasteiger charge is 2.26. The maximum Gasteiger partial charge on any atom is 0.264 e. The summed E-state index contributed by atoms with van der Waals surface area (Å²) in [5.74, 6) is 0.230. The Balaban J connectivity index is 2.58. The van der Waals surface area contributed by atoms with Gasteiger partial charge in [0.25, 0.3) is 10.0 Å². The lowest BCUT2D eigenvalue weighted by Gasteiger charge is -2.28. The van der Waals surface area contributed by atoms with Crippen LogP contribution in [0.2, 0.25) is 0 Å². The van der Waals surface area contributed by atoms with Crippen LogP contribution in [0.5, 0.6) is 5.75 Å². The van der Waals surface area contributed by atoms with Crippen molar-refractivity contribution >= 4 is 15.7 Å². The van der Waals surface area contributed by atoms with E-state index in [1.54, 1.807) is 0 Å². The van der Waals surface area contributed by atoms with Crippen LogP contribution in [0, 0.1) is 19.8 Å². The maximum atomic E-state index is 13.1. The van der Waals surface area contributed by atoms with Crippen molar-refractivity contribution in [3.8, 4) is 5.75 Å². The molecule has 0 saturated carbocycles. The smallest absolute Gasteiger partial charge is 0.264 e. The second-order valence-electron chi connectivity index (χ2n) is 6.21. The molecule has 1 N–H and O–H groups in total. The Kier molecular flexibility index (Phi) is 5.00. The second-order valence-corrected chi connectivity index (χ2v) is 8.08. The molecule has 0 aliphatic carbocycles. The Labute approximate surface area is 138 Å². The number of phenolic OH excluding ortho intramolecular Hbond substituents is 1. The summed E-state index contributed by atoms with van der Waals surface area (Å²) in [6, 6.07) is 11.5. The van der Waals surface area contributed by atoms with E-state index in [9.17, 15) is 13.5 Å². The van der Waals surface area contributed by atoms with Gasteiger partial charge in [0.15, 0.2) is 0 Å². The molecule has 0 fully saturated rings. The van der Waals surface area contributed by atoms with Crippen LogP contribution in [-0.2, 0) is 10.0 Å². The molecule has 124 valence electrons. The van der Waals surface area contributed by atoms with Crippen molar-refractivity contribution in [2.75, 3.05) is 10.8 Å². The molecule has 23 heavy (non-hydrogen) atoms. The molecule has 0 spiro atoms. The van der Waals surface area contributed by atoms with Crippen molar-refractivity contribution < 1.29 is 13.5 Å². The molecule has 0 aromatic heterocycles. The van der Waals surface area contributed by atoms with E-state index in [2.05, 4.69) is 0 Å². The number of hydrogen-bond donors (Lipinski definition) is 1. The lowest BCUT2D eigenvalue weighted by molar-refractivity contribution is 0.474. The van der Waals surface area contributed by atoms with Crippen LogP contribution in [0.1, 0.15) is 25.0 Å². The first kappa shape index (κ1) is 17.3. The summed E-state index contributed by atoms with van der Waals surface area (Å²) >= 11 is 0. The van der Waals surface area contributed by atoms with Gasteiger partial charge in [0.1, 0.15) is 5.75 Å². The molecule has 2 rings (SSSR count). The number of phenols is 1. The summed E-state index contributed by atoms with van der Waals surface area (Å²) in [5, 5.41) is 9.40. The molecule has 0 aliphatic heterocycles. The average Bonchev–Trinajstić information content (AvgIpc) is 2.47. The first-order valence-electron chi connectivity index (χ1n) is 7.61. The highest BCUT2D eigenvalue weighted by Crippen LogP contribution is 2.29. The summed E-state index contributed by atoms with van der Waals surface area (Å²) in [4.78, 5) is 0.178. The van der Waals surface area contributed by atoms with Gasteiger partial charge in [-0.2, -0.15) is 0 Å². The van der Waals surface area contributed by atoms with E-state index >= 15 is 0 Å². The van der Waals surface area contributed by atoms with Gasteiger partial charge in [0.2, 0.25) is 0 Å². The van der Waals surface area contributed by atoms with Crippen LogP contribution in [0.3, 0.4) is 0 Å². The molecule has 2 aromatic rings. The van der Waals surface area contributed by atoms with E-state index in [0.29, 0.717) is 12.2 Å². The third-order valence-electron chi connectivity index (χ3n) is 3.59. The number of benzene rings is 2. The lowest BCUT2D eigenvalue weighted by Crippen LogP contribution is -2.34. The normalized spacial score (nSPS) is 11.7. The topological polar surface area (TPSA) is 57.6 Å². The van der Waals surface area contributed by atoms with Gasteiger partial charge in [-0.25, -0.2) is 8.42 Å². The van der Waals surface area contributed by atoms with Gasteiger partial charge in [-0.1, -0.05) is 26.0 Å². The van der Waals surface area contributed by atoms with Crippen LogP contribution in [0.4, 0.5) is 5.69 Å². The summed E-state index contributed by atoms with van der Waals surface area (Å²) in [6.07, 6.45) is 0. The predicted octanol–water partition coefficient (Wildman–Crippen LogP) is 3.86. The Morgan fingerprint density at radius 2 is 1.65 bits per heavy atom. The SMILES string of the molecule is Cc1ccc(C)c(N(CC(C)C)S(=O)(=O)c2ccc(O)cc2)c1. The number of nitrogens with zero attached hydrogens (tertiary/aromatic N) is 1. The average molecular weight is 333 g/mol. The quantitative estimate of drug-likeness (QED) is 0.904. The zero-order chi connectivity index (χ0) is 17.2. The Hall–Kier alpha value is -2.01. The molecule has 2 aromatic carbocycles. The van der Waals surface area contributed by atoms with Crippen LogP contribution >= 0.6 is 0 Å². The van der Waals surface area contributed by atoms with Gasteiger partial charge in [-0.15, -0.1) is 0 Å². The molecular weight excluding hydrogens is 310 g/mol. The van der Waals surface area contributed by atoms with Crippen molar-refractivity contribution in [3.63, 3.8) is 0 Å². The predicted molar refractivity (Wildman–Crippen MR) is 93.4 cm³/mol. The van der Waals surface area contributed by atoms with Gasteiger partial charge < -0.3 is 5.11 Å². The van der Waals surface area contributed by atoms with E-state index in [1.807, 2.05) is 45.9 Å². The molecule has 0 amide bonds. The van der Waals surface area contributed by atoms with E-state index in [4.69, 9.17) is 0 Å². The van der Waals surface area contributed by atoms with Crippen molar-refractivity contribution in [2.24, 2.45) is 5.92 Å². The number of aromatic hydroxyl groups is 1. The first-order chi connectivity index (χ1) is 10.7. The fourth-order valence-electron chi connectivity index (χ4n) is 2.39. The largest absolute Gasteiger partial charge is 0.508 e. The second kappa shape index (κ2) is 6.62. The third-order valence-corrected chi connectivity index (χ3v) is 5.38. The van der Waals surface area contributed by atoms with E-state index in [-0.39, 0.29) is 16.6 Å². The monoisotopic (exact) mass is 333 g/mol. The standard InChI is InChI=1S/C18H23NO3S/c1-13(2)12-19(18-11-14(3)5-6-15(18)4)23(21,22)17-9-7-16(20)8-10-17/h5-11,13,20H,12H2,1-4H3. The van der Waals surface area contributed by atoms with E-state index in [0.717, 1.165) is 11.1 Å². The molecule has 0 atom stereocenters. The van der Waals surface area contributed by atoms with Gasteiger partial charge >= 0.3 is 0 Å². The van der Waals surface area contributed by atoms with Crippen LogP contribution in [0.15, 0.2) is 47.4 Å². The number of aryl methyl sites for hydroxylation is 2. The molecule has 0 aliphatic rings. The number of hydrogen-bond acceptors (Lipinski definition) is 3. The minimum absolute atomic E-state index is 0.0473. The van der Waals surface area contributed by atoms with Crippen molar-refractivity contribution in [1.29, 1.82) is 0 Å². The third kappa shape index (κ3) is 3.85. The summed E-state index contributed by atoms with van der Waals surface area (Å²) in [6.45, 7) is 8.24. The molecule has 4 nitrogen and oxygen atoms in total. The summed E-state index contributed by atoms with van der Waals surface area (Å²) in [5.41, 5.74) is 2.63. The van der Waals surface area contributed by atoms with E-state index in [1.165, 1.54) is 28.6 Å². The highest BCUT2D eigenvalue weighted by atomic mass is 32.2. The molecule has 5 heteroatoms. The van der Waals surface area contributed by atoms with E-state index < -0.39 is 10.0 Å². The minimum atomic E-state index is -3.68. The Morgan fingerprint density at radius 1 is 1.04 bits per heavy atom.